The minimum absolute atomic E-state index is 0.259. The Labute approximate surface area is 208 Å². The van der Waals surface area contributed by atoms with Crippen molar-refractivity contribution in [1.29, 1.82) is 0 Å². The maximum Gasteiger partial charge on any atom is 0.408 e. The van der Waals surface area contributed by atoms with Crippen molar-refractivity contribution in [2.75, 3.05) is 6.61 Å². The first-order valence-corrected chi connectivity index (χ1v) is 14.4. The Kier molecular flexibility index (Phi) is 10.3. The van der Waals surface area contributed by atoms with Gasteiger partial charge in [-0.2, -0.15) is 0 Å². The predicted molar refractivity (Wildman–Crippen MR) is 128 cm³/mol. The van der Waals surface area contributed by atoms with E-state index in [1.54, 1.807) is 20.8 Å². The van der Waals surface area contributed by atoms with Crippen LogP contribution in [-0.2, 0) is 42.5 Å². The van der Waals surface area contributed by atoms with E-state index in [0.717, 1.165) is 0 Å². The lowest BCUT2D eigenvalue weighted by molar-refractivity contribution is -0.265. The van der Waals surface area contributed by atoms with Crippen LogP contribution in [0.5, 0.6) is 0 Å². The molecule has 0 radical (unpaired) electrons. The number of rotatable bonds is 7. The minimum Gasteiger partial charge on any atom is -0.463 e. The quantitative estimate of drug-likeness (QED) is 0.304. The van der Waals surface area contributed by atoms with Crippen LogP contribution in [0.1, 0.15) is 62.3 Å². The molecule has 1 N–H and O–H groups in total. The summed E-state index contributed by atoms with van der Waals surface area (Å²) >= 11 is 0. The zero-order chi connectivity index (χ0) is 27.4. The Morgan fingerprint density at radius 2 is 1.40 bits per heavy atom. The molecule has 1 unspecified atom stereocenters. The van der Waals surface area contributed by atoms with Crippen molar-refractivity contribution >= 4 is 32.3 Å². The van der Waals surface area contributed by atoms with Gasteiger partial charge in [0, 0.05) is 20.8 Å². The van der Waals surface area contributed by atoms with Gasteiger partial charge in [-0.05, 0) is 38.9 Å². The van der Waals surface area contributed by atoms with E-state index >= 15 is 0 Å². The SMILES string of the molecule is CC(=O)OC[C@@H]1OC(OC(C)=O)[C@H](NC(=O)OC(C)(C)C)[C@H](O[Si](C)(C)C(C)(C)C)[C@H]1OC(C)=O. The molecule has 35 heavy (non-hydrogen) atoms. The number of carbonyl (C=O) groups is 4. The van der Waals surface area contributed by atoms with Gasteiger partial charge in [-0.3, -0.25) is 14.4 Å². The van der Waals surface area contributed by atoms with Crippen molar-refractivity contribution in [3.63, 3.8) is 0 Å². The third-order valence-electron chi connectivity index (χ3n) is 5.60. The van der Waals surface area contributed by atoms with E-state index in [0.29, 0.717) is 0 Å². The standard InChI is InChI=1S/C23H41NO10Si/c1-13(25)29-12-16-18(30-14(2)26)19(34-35(10,11)23(7,8)9)17(20(32-16)31-15(3)27)24-21(28)33-22(4,5)6/h16-20H,12H2,1-11H3,(H,24,28)/t16-,17+,18-,19-,20?/m0/s1. The third kappa shape index (κ3) is 9.77. The molecule has 0 aromatic carbocycles. The number of amides is 1. The van der Waals surface area contributed by atoms with Crippen LogP contribution in [0.3, 0.4) is 0 Å². The highest BCUT2D eigenvalue weighted by atomic mass is 28.4. The molecule has 0 aliphatic carbocycles. The number of carbonyl (C=O) groups excluding carboxylic acids is 4. The number of hydrogen-bond donors (Lipinski definition) is 1. The first-order valence-electron chi connectivity index (χ1n) is 11.5. The van der Waals surface area contributed by atoms with Crippen LogP contribution in [0.4, 0.5) is 4.79 Å². The second kappa shape index (κ2) is 11.7. The normalized spacial score (nSPS) is 25.3. The Balaban J connectivity index is 3.57. The molecule has 1 aliphatic rings. The molecule has 0 spiro atoms. The first-order chi connectivity index (χ1) is 15.7. The van der Waals surface area contributed by atoms with Gasteiger partial charge in [0.05, 0.1) is 0 Å². The molecule has 0 aromatic heterocycles. The van der Waals surface area contributed by atoms with E-state index in [-0.39, 0.29) is 11.6 Å². The van der Waals surface area contributed by atoms with Crippen molar-refractivity contribution in [1.82, 2.24) is 5.32 Å². The molecule has 5 atom stereocenters. The van der Waals surface area contributed by atoms with Crippen LogP contribution in [0, 0.1) is 0 Å². The van der Waals surface area contributed by atoms with Gasteiger partial charge in [0.2, 0.25) is 6.29 Å². The second-order valence-corrected chi connectivity index (χ2v) is 15.8. The second-order valence-electron chi connectivity index (χ2n) is 11.0. The molecule has 1 fully saturated rings. The van der Waals surface area contributed by atoms with Crippen LogP contribution in [0.2, 0.25) is 18.1 Å². The summed E-state index contributed by atoms with van der Waals surface area (Å²) in [6.45, 7) is 18.5. The zero-order valence-corrected chi connectivity index (χ0v) is 23.7. The summed E-state index contributed by atoms with van der Waals surface area (Å²) in [5, 5.41) is 2.42. The van der Waals surface area contributed by atoms with Crippen molar-refractivity contribution < 1.29 is 47.3 Å². The Bertz CT molecular complexity index is 786. The summed E-state index contributed by atoms with van der Waals surface area (Å²) in [6, 6.07) is -1.10. The topological polar surface area (TPSA) is 136 Å². The fraction of sp³-hybridized carbons (Fsp3) is 0.826. The van der Waals surface area contributed by atoms with Crippen molar-refractivity contribution in [3.8, 4) is 0 Å². The molecule has 1 amide bonds. The minimum atomic E-state index is -2.56. The summed E-state index contributed by atoms with van der Waals surface area (Å²) in [5.74, 6) is -1.87. The number of esters is 3. The lowest BCUT2D eigenvalue weighted by atomic mass is 9.96. The molecule has 11 nitrogen and oxygen atoms in total. The fourth-order valence-electron chi connectivity index (χ4n) is 3.09. The van der Waals surface area contributed by atoms with Gasteiger partial charge in [-0.15, -0.1) is 0 Å². The average molecular weight is 520 g/mol. The Morgan fingerprint density at radius 1 is 0.857 bits per heavy atom. The highest BCUT2D eigenvalue weighted by molar-refractivity contribution is 6.74. The summed E-state index contributed by atoms with van der Waals surface area (Å²) < 4.78 is 34.0. The van der Waals surface area contributed by atoms with Crippen LogP contribution in [0.15, 0.2) is 0 Å². The molecule has 202 valence electrons. The molecule has 1 heterocycles. The van der Waals surface area contributed by atoms with E-state index in [4.69, 9.17) is 28.1 Å². The maximum atomic E-state index is 12.7. The largest absolute Gasteiger partial charge is 0.463 e. The number of alkyl carbamates (subject to hydrolysis) is 1. The molecule has 0 saturated carbocycles. The third-order valence-corrected chi connectivity index (χ3v) is 10.1. The van der Waals surface area contributed by atoms with Gasteiger partial charge in [0.25, 0.3) is 0 Å². The molecule has 12 heteroatoms. The lowest BCUT2D eigenvalue weighted by Crippen LogP contribution is -2.68. The highest BCUT2D eigenvalue weighted by Gasteiger charge is 2.54. The van der Waals surface area contributed by atoms with Crippen molar-refractivity contribution in [3.05, 3.63) is 0 Å². The van der Waals surface area contributed by atoms with Crippen LogP contribution < -0.4 is 5.32 Å². The van der Waals surface area contributed by atoms with Gasteiger partial charge in [-0.1, -0.05) is 20.8 Å². The predicted octanol–water partition coefficient (Wildman–Crippen LogP) is 3.05. The molecular weight excluding hydrogens is 478 g/mol. The first kappa shape index (κ1) is 30.8. The fourth-order valence-corrected chi connectivity index (χ4v) is 4.40. The van der Waals surface area contributed by atoms with Crippen LogP contribution in [0.25, 0.3) is 0 Å². The average Bonchev–Trinajstić information content (AvgIpc) is 2.61. The van der Waals surface area contributed by atoms with Gasteiger partial charge >= 0.3 is 24.0 Å². The van der Waals surface area contributed by atoms with E-state index in [9.17, 15) is 19.2 Å². The van der Waals surface area contributed by atoms with Crippen molar-refractivity contribution in [2.24, 2.45) is 0 Å². The van der Waals surface area contributed by atoms with E-state index < -0.39 is 68.6 Å². The molecule has 1 aliphatic heterocycles. The maximum absolute atomic E-state index is 12.7. The van der Waals surface area contributed by atoms with E-state index in [2.05, 4.69) is 5.32 Å². The summed E-state index contributed by atoms with van der Waals surface area (Å²) in [6.07, 6.45) is -5.26. The Hall–Kier alpha value is -2.18. The number of nitrogens with one attached hydrogen (secondary N) is 1. The molecule has 0 aromatic rings. The molecule has 0 bridgehead atoms. The van der Waals surface area contributed by atoms with Gasteiger partial charge in [0.15, 0.2) is 14.4 Å². The molecule has 1 rings (SSSR count). The van der Waals surface area contributed by atoms with E-state index in [1.165, 1.54) is 20.8 Å². The van der Waals surface area contributed by atoms with Gasteiger partial charge < -0.3 is 33.4 Å². The lowest BCUT2D eigenvalue weighted by Gasteiger charge is -2.49. The van der Waals surface area contributed by atoms with Crippen LogP contribution in [-0.4, -0.2) is 75.2 Å². The monoisotopic (exact) mass is 519 g/mol. The van der Waals surface area contributed by atoms with E-state index in [1.807, 2.05) is 33.9 Å². The molecular formula is C23H41NO10Si. The smallest absolute Gasteiger partial charge is 0.408 e. The van der Waals surface area contributed by atoms with Crippen LogP contribution >= 0.6 is 0 Å². The van der Waals surface area contributed by atoms with Crippen molar-refractivity contribution in [2.45, 2.75) is 117 Å². The van der Waals surface area contributed by atoms with Gasteiger partial charge in [-0.25, -0.2) is 4.79 Å². The summed E-state index contributed by atoms with van der Waals surface area (Å²) in [7, 11) is -2.56. The summed E-state index contributed by atoms with van der Waals surface area (Å²) in [4.78, 5) is 48.2. The van der Waals surface area contributed by atoms with Gasteiger partial charge in [0.1, 0.15) is 30.5 Å². The number of ether oxygens (including phenoxy) is 5. The number of hydrogen-bond acceptors (Lipinski definition) is 10. The summed E-state index contributed by atoms with van der Waals surface area (Å²) in [5.41, 5.74) is -0.806. The highest BCUT2D eigenvalue weighted by Crippen LogP contribution is 2.40. The molecule has 1 saturated heterocycles. The zero-order valence-electron chi connectivity index (χ0n) is 22.7. The Morgan fingerprint density at radius 3 is 1.83 bits per heavy atom.